The van der Waals surface area contributed by atoms with Crippen molar-refractivity contribution in [3.05, 3.63) is 24.3 Å². The highest BCUT2D eigenvalue weighted by Gasteiger charge is 2.06. The highest BCUT2D eigenvalue weighted by Crippen LogP contribution is 2.32. The normalized spacial score (nSPS) is 14.7. The van der Waals surface area contributed by atoms with Gasteiger partial charge in [-0.2, -0.15) is 0 Å². The molecule has 1 aliphatic rings. The lowest BCUT2D eigenvalue weighted by atomic mass is 10.3. The molecule has 0 bridgehead atoms. The average Bonchev–Trinajstić information content (AvgIpc) is 2.33. The first-order valence-electron chi connectivity index (χ1n) is 2.83. The van der Waals surface area contributed by atoms with Crippen molar-refractivity contribution in [3.63, 3.8) is 0 Å². The summed E-state index contributed by atoms with van der Waals surface area (Å²) in [4.78, 5) is 1.32. The van der Waals surface area contributed by atoms with Crippen LogP contribution in [-0.2, 0) is 0 Å². The number of rotatable bonds is 0. The molecule has 1 radical (unpaired) electrons. The fraction of sp³-hybridized carbons (Fsp3) is 0.143. The van der Waals surface area contributed by atoms with Gasteiger partial charge in [-0.3, -0.25) is 0 Å². The highest BCUT2D eigenvalue weighted by atomic mass is 32.2. The molecule has 0 aliphatic carbocycles. The second-order valence-electron chi connectivity index (χ2n) is 1.89. The van der Waals surface area contributed by atoms with Gasteiger partial charge in [0.05, 0.1) is 5.88 Å². The summed E-state index contributed by atoms with van der Waals surface area (Å²) >= 11 is 1.83. The van der Waals surface area contributed by atoms with E-state index in [1.54, 1.807) is 0 Å². The van der Waals surface area contributed by atoms with Gasteiger partial charge in [-0.05, 0) is 18.2 Å². The van der Waals surface area contributed by atoms with Crippen LogP contribution in [0, 0.1) is 6.07 Å². The van der Waals surface area contributed by atoms with E-state index in [1.165, 1.54) is 10.6 Å². The van der Waals surface area contributed by atoms with Crippen molar-refractivity contribution in [1.29, 1.82) is 0 Å². The van der Waals surface area contributed by atoms with Gasteiger partial charge in [0.15, 0.2) is 0 Å². The third-order valence-corrected chi connectivity index (χ3v) is 2.25. The minimum absolute atomic E-state index is 1.01. The molecule has 1 aromatic carbocycles. The zero-order valence-corrected chi connectivity index (χ0v) is 5.66. The van der Waals surface area contributed by atoms with Gasteiger partial charge in [-0.15, -0.1) is 11.8 Å². The van der Waals surface area contributed by atoms with E-state index in [0.29, 0.717) is 0 Å². The summed E-state index contributed by atoms with van der Waals surface area (Å²) in [5.41, 5.74) is 1.25. The van der Waals surface area contributed by atoms with E-state index in [2.05, 4.69) is 17.4 Å². The van der Waals surface area contributed by atoms with Crippen molar-refractivity contribution in [1.82, 2.24) is 0 Å². The summed E-state index contributed by atoms with van der Waals surface area (Å²) in [6.45, 7) is 0. The molecule has 0 aromatic heterocycles. The van der Waals surface area contributed by atoms with Crippen LogP contribution < -0.4 is 5.32 Å². The van der Waals surface area contributed by atoms with E-state index in [4.69, 9.17) is 0 Å². The Labute approximate surface area is 58.5 Å². The Balaban J connectivity index is 2.54. The summed E-state index contributed by atoms with van der Waals surface area (Å²) in [5, 5.41) is 3.24. The lowest BCUT2D eigenvalue weighted by Crippen LogP contribution is -1.86. The Kier molecular flexibility index (Phi) is 1.12. The smallest absolute Gasteiger partial charge is 0.0658 e. The molecule has 0 saturated carbocycles. The van der Waals surface area contributed by atoms with E-state index >= 15 is 0 Å². The van der Waals surface area contributed by atoms with E-state index in [0.717, 1.165) is 5.88 Å². The first kappa shape index (κ1) is 5.18. The zero-order valence-electron chi connectivity index (χ0n) is 4.85. The third kappa shape index (κ3) is 0.793. The van der Waals surface area contributed by atoms with Gasteiger partial charge in [0.2, 0.25) is 0 Å². The minimum atomic E-state index is 1.01. The molecule has 0 unspecified atom stereocenters. The number of fused-ring (bicyclic) bond motifs is 1. The van der Waals surface area contributed by atoms with Crippen LogP contribution in [0.2, 0.25) is 0 Å². The van der Waals surface area contributed by atoms with Crippen LogP contribution in [0.15, 0.2) is 23.1 Å². The predicted molar refractivity (Wildman–Crippen MR) is 39.6 cm³/mol. The molecule has 1 aliphatic heterocycles. The third-order valence-electron chi connectivity index (χ3n) is 1.32. The molecular formula is C7H6NS. The van der Waals surface area contributed by atoms with E-state index in [9.17, 15) is 0 Å². The zero-order chi connectivity index (χ0) is 6.10. The number of benzene rings is 1. The highest BCUT2D eigenvalue weighted by molar-refractivity contribution is 7.99. The molecule has 1 nitrogen and oxygen atoms in total. The quantitative estimate of drug-likeness (QED) is 0.585. The molecule has 9 heavy (non-hydrogen) atoms. The number of thioether (sulfide) groups is 1. The summed E-state index contributed by atoms with van der Waals surface area (Å²) < 4.78 is 0. The predicted octanol–water partition coefficient (Wildman–Crippen LogP) is 1.96. The molecule has 1 aromatic rings. The average molecular weight is 136 g/mol. The molecule has 0 saturated heterocycles. The van der Waals surface area contributed by atoms with Crippen LogP contribution in [0.25, 0.3) is 0 Å². The number of nitrogens with one attached hydrogen (secondary N) is 1. The second-order valence-corrected chi connectivity index (χ2v) is 2.90. The van der Waals surface area contributed by atoms with Gasteiger partial charge >= 0.3 is 0 Å². The molecule has 0 amide bonds. The van der Waals surface area contributed by atoms with Crippen LogP contribution >= 0.6 is 11.8 Å². The molecule has 45 valence electrons. The Bertz CT molecular complexity index is 199. The van der Waals surface area contributed by atoms with Gasteiger partial charge < -0.3 is 5.32 Å². The summed E-state index contributed by atoms with van der Waals surface area (Å²) in [6, 6.07) is 9.02. The topological polar surface area (TPSA) is 12.0 Å². The van der Waals surface area contributed by atoms with Gasteiger partial charge in [-0.25, -0.2) is 0 Å². The Hall–Kier alpha value is -0.630. The SMILES string of the molecule is [c]1ccc2c(c1)SCN2. The maximum atomic E-state index is 3.24. The second kappa shape index (κ2) is 1.95. The van der Waals surface area contributed by atoms with Crippen molar-refractivity contribution in [2.75, 3.05) is 11.2 Å². The summed E-state index contributed by atoms with van der Waals surface area (Å²) in [5.74, 6) is 1.01. The molecule has 1 N–H and O–H groups in total. The lowest BCUT2D eigenvalue weighted by Gasteiger charge is -1.92. The first-order valence-corrected chi connectivity index (χ1v) is 3.82. The maximum absolute atomic E-state index is 3.24. The van der Waals surface area contributed by atoms with E-state index < -0.39 is 0 Å². The Morgan fingerprint density at radius 1 is 1.67 bits per heavy atom. The van der Waals surface area contributed by atoms with Gasteiger partial charge in [0.1, 0.15) is 0 Å². The standard InChI is InChI=1S/C7H6NS/c1-2-4-7-6(3-1)8-5-9-7/h1,3-4,8H,5H2. The Morgan fingerprint density at radius 3 is 3.56 bits per heavy atom. The number of hydrogen-bond donors (Lipinski definition) is 1. The first-order chi connectivity index (χ1) is 4.47. The largest absolute Gasteiger partial charge is 0.375 e. The lowest BCUT2D eigenvalue weighted by molar-refractivity contribution is 1.42. The van der Waals surface area contributed by atoms with Gasteiger partial charge in [0.25, 0.3) is 0 Å². The maximum Gasteiger partial charge on any atom is 0.0658 e. The van der Waals surface area contributed by atoms with Crippen LogP contribution in [0.3, 0.4) is 0 Å². The molecular weight excluding hydrogens is 130 g/mol. The van der Waals surface area contributed by atoms with Crippen molar-refractivity contribution in [3.8, 4) is 0 Å². The monoisotopic (exact) mass is 136 g/mol. The van der Waals surface area contributed by atoms with Crippen LogP contribution in [0.4, 0.5) is 5.69 Å². The van der Waals surface area contributed by atoms with Crippen molar-refractivity contribution in [2.45, 2.75) is 4.90 Å². The Morgan fingerprint density at radius 2 is 2.67 bits per heavy atom. The fourth-order valence-corrected chi connectivity index (χ4v) is 1.70. The van der Waals surface area contributed by atoms with Crippen LogP contribution in [0.1, 0.15) is 0 Å². The van der Waals surface area contributed by atoms with Gasteiger partial charge in [-0.1, -0.05) is 6.07 Å². The molecule has 0 fully saturated rings. The molecule has 2 heteroatoms. The van der Waals surface area contributed by atoms with Crippen LogP contribution in [-0.4, -0.2) is 5.88 Å². The fourth-order valence-electron chi connectivity index (χ4n) is 0.872. The molecule has 2 rings (SSSR count). The van der Waals surface area contributed by atoms with E-state index in [1.807, 2.05) is 23.9 Å². The van der Waals surface area contributed by atoms with Crippen molar-refractivity contribution < 1.29 is 0 Å². The minimum Gasteiger partial charge on any atom is -0.375 e. The van der Waals surface area contributed by atoms with Crippen molar-refractivity contribution >= 4 is 17.4 Å². The molecule has 0 spiro atoms. The summed E-state index contributed by atoms with van der Waals surface area (Å²) in [7, 11) is 0. The molecule has 0 atom stereocenters. The summed E-state index contributed by atoms with van der Waals surface area (Å²) in [6.07, 6.45) is 0. The van der Waals surface area contributed by atoms with Crippen LogP contribution in [0.5, 0.6) is 0 Å². The molecule has 1 heterocycles. The van der Waals surface area contributed by atoms with E-state index in [-0.39, 0.29) is 0 Å². The number of anilines is 1. The van der Waals surface area contributed by atoms with Crippen molar-refractivity contribution in [2.24, 2.45) is 0 Å². The number of hydrogen-bond acceptors (Lipinski definition) is 2. The van der Waals surface area contributed by atoms with Gasteiger partial charge in [0, 0.05) is 10.6 Å².